The maximum Gasteiger partial charge on any atom is 0.508 e. The molecule has 0 bridgehead atoms. The molecule has 33 heavy (non-hydrogen) atoms. The number of aromatic nitrogens is 3. The molecule has 0 saturated carbocycles. The molecule has 182 valence electrons. The highest BCUT2D eigenvalue weighted by atomic mass is 16.7. The highest BCUT2D eigenvalue weighted by molar-refractivity contribution is 5.76. The Balaban J connectivity index is 1.67. The number of hydrogen-bond acceptors (Lipinski definition) is 12. The molecule has 13 heteroatoms. The van der Waals surface area contributed by atoms with Gasteiger partial charge in [-0.2, -0.15) is 5.10 Å². The predicted molar refractivity (Wildman–Crippen MR) is 113 cm³/mol. The van der Waals surface area contributed by atoms with Gasteiger partial charge in [0.25, 0.3) is 0 Å². The van der Waals surface area contributed by atoms with E-state index in [9.17, 15) is 19.8 Å². The summed E-state index contributed by atoms with van der Waals surface area (Å²) in [4.78, 5) is 29.6. The number of carbonyl (C=O) groups excluding carboxylic acids is 2. The maximum absolute atomic E-state index is 12.2. The maximum atomic E-state index is 12.2. The van der Waals surface area contributed by atoms with E-state index in [0.29, 0.717) is 11.2 Å². The lowest BCUT2D eigenvalue weighted by Gasteiger charge is -2.27. The summed E-state index contributed by atoms with van der Waals surface area (Å²) in [6.07, 6.45) is -4.45. The highest BCUT2D eigenvalue weighted by Crippen LogP contribution is 2.40. The Morgan fingerprint density at radius 3 is 2.70 bits per heavy atom. The minimum absolute atomic E-state index is 0.243. The number of aliphatic hydroxyl groups excluding tert-OH is 2. The van der Waals surface area contributed by atoms with Crippen molar-refractivity contribution in [3.63, 3.8) is 0 Å². The quantitative estimate of drug-likeness (QED) is 0.438. The molecule has 6 atom stereocenters. The Bertz CT molecular complexity index is 1010. The predicted octanol–water partition coefficient (Wildman–Crippen LogP) is -0.708. The molecule has 0 spiro atoms. The van der Waals surface area contributed by atoms with Gasteiger partial charge in [-0.15, -0.1) is 0 Å². The molecular weight excluding hydrogens is 438 g/mol. The Hall–Kier alpha value is -3.00. The summed E-state index contributed by atoms with van der Waals surface area (Å²) >= 11 is 0. The van der Waals surface area contributed by atoms with E-state index in [4.69, 9.17) is 24.7 Å². The zero-order valence-electron chi connectivity index (χ0n) is 19.0. The summed E-state index contributed by atoms with van der Waals surface area (Å²) in [5.41, 5.74) is 5.43. The van der Waals surface area contributed by atoms with Gasteiger partial charge in [-0.3, -0.25) is 9.69 Å². The van der Waals surface area contributed by atoms with Gasteiger partial charge >= 0.3 is 12.1 Å². The lowest BCUT2D eigenvalue weighted by atomic mass is 9.93. The van der Waals surface area contributed by atoms with Gasteiger partial charge in [-0.1, -0.05) is 0 Å². The van der Waals surface area contributed by atoms with Crippen molar-refractivity contribution in [2.75, 3.05) is 33.5 Å². The Morgan fingerprint density at radius 2 is 2.06 bits per heavy atom. The number of methoxy groups -OCH3 is 1. The number of likely N-dealkylation sites (N-methyl/N-ethyl adjacent to an activating group) is 1. The number of rotatable bonds is 7. The van der Waals surface area contributed by atoms with Gasteiger partial charge in [0.2, 0.25) is 0 Å². The number of fused-ring (bicyclic) bond motifs is 1. The number of carbonyl (C=O) groups is 2. The van der Waals surface area contributed by atoms with Crippen molar-refractivity contribution in [3.8, 4) is 0 Å². The lowest BCUT2D eigenvalue weighted by molar-refractivity contribution is -0.150. The molecule has 0 aliphatic carbocycles. The van der Waals surface area contributed by atoms with Gasteiger partial charge in [-0.25, -0.2) is 14.3 Å². The fourth-order valence-corrected chi connectivity index (χ4v) is 4.00. The van der Waals surface area contributed by atoms with Gasteiger partial charge < -0.3 is 34.9 Å². The molecule has 0 amide bonds. The van der Waals surface area contributed by atoms with Crippen molar-refractivity contribution in [1.29, 1.82) is 0 Å². The summed E-state index contributed by atoms with van der Waals surface area (Å²) in [7, 11) is 4.52. The summed E-state index contributed by atoms with van der Waals surface area (Å²) in [5, 5.41) is 25.4. The minimum atomic E-state index is -1.38. The molecule has 2 aromatic heterocycles. The summed E-state index contributed by atoms with van der Waals surface area (Å²) in [6.45, 7) is 2.71. The van der Waals surface area contributed by atoms with E-state index in [1.807, 2.05) is 0 Å². The summed E-state index contributed by atoms with van der Waals surface area (Å²) < 4.78 is 22.4. The van der Waals surface area contributed by atoms with Gasteiger partial charge in [0.1, 0.15) is 54.5 Å². The van der Waals surface area contributed by atoms with Crippen LogP contribution < -0.4 is 5.73 Å². The number of nitrogens with two attached hydrogens (primary N) is 1. The fraction of sp³-hybridized carbons (Fsp3) is 0.600. The van der Waals surface area contributed by atoms with Crippen LogP contribution in [0.15, 0.2) is 18.5 Å². The standard InChI is InChI=1S/C20H29N5O8/c1-10(14(24(3)4)18(28)30-5)32-19(29)31-8-12-15(26)16(27)20(2,33-12)13-7-6-11-17(21)22-9-23-25(11)13/h6-7,9-10,12,14-16,26-27H,8H2,1-5H3,(H2,21,22,23)/t10-,12-,14+,15-,16-,20+/m1/s1. The van der Waals surface area contributed by atoms with Crippen molar-refractivity contribution >= 4 is 23.5 Å². The minimum Gasteiger partial charge on any atom is -0.468 e. The van der Waals surface area contributed by atoms with Crippen LogP contribution >= 0.6 is 0 Å². The first-order chi connectivity index (χ1) is 15.5. The third-order valence-electron chi connectivity index (χ3n) is 5.75. The van der Waals surface area contributed by atoms with Crippen molar-refractivity contribution in [3.05, 3.63) is 24.2 Å². The van der Waals surface area contributed by atoms with Crippen LogP contribution in [0, 0.1) is 0 Å². The highest BCUT2D eigenvalue weighted by Gasteiger charge is 2.54. The Morgan fingerprint density at radius 1 is 1.36 bits per heavy atom. The first-order valence-corrected chi connectivity index (χ1v) is 10.2. The van der Waals surface area contributed by atoms with E-state index < -0.39 is 54.8 Å². The van der Waals surface area contributed by atoms with Crippen LogP contribution in [0.4, 0.5) is 10.6 Å². The topological polar surface area (TPSA) is 171 Å². The van der Waals surface area contributed by atoms with Crippen molar-refractivity contribution in [2.24, 2.45) is 0 Å². The normalized spacial score (nSPS) is 26.8. The van der Waals surface area contributed by atoms with Crippen molar-refractivity contribution in [1.82, 2.24) is 19.5 Å². The molecule has 0 unspecified atom stereocenters. The molecule has 1 aliphatic heterocycles. The number of esters is 1. The van der Waals surface area contributed by atoms with Crippen LogP contribution in [0.2, 0.25) is 0 Å². The number of aliphatic hydroxyl groups is 2. The van der Waals surface area contributed by atoms with E-state index in [2.05, 4.69) is 10.1 Å². The molecule has 1 fully saturated rings. The molecule has 4 N–H and O–H groups in total. The van der Waals surface area contributed by atoms with Gasteiger partial charge in [-0.05, 0) is 40.1 Å². The fourth-order valence-electron chi connectivity index (χ4n) is 4.00. The van der Waals surface area contributed by atoms with Gasteiger partial charge in [0, 0.05) is 0 Å². The molecule has 0 aromatic carbocycles. The number of ether oxygens (including phenoxy) is 4. The van der Waals surface area contributed by atoms with E-state index in [-0.39, 0.29) is 5.82 Å². The molecule has 13 nitrogen and oxygen atoms in total. The van der Waals surface area contributed by atoms with E-state index in [1.54, 1.807) is 38.1 Å². The lowest BCUT2D eigenvalue weighted by Crippen LogP contribution is -2.46. The molecule has 3 heterocycles. The molecule has 3 rings (SSSR count). The monoisotopic (exact) mass is 467 g/mol. The Labute approximate surface area is 190 Å². The van der Waals surface area contributed by atoms with E-state index in [1.165, 1.54) is 24.9 Å². The van der Waals surface area contributed by atoms with Crippen LogP contribution in [-0.2, 0) is 29.3 Å². The average Bonchev–Trinajstić information content (AvgIpc) is 3.29. The van der Waals surface area contributed by atoms with Crippen LogP contribution in [0.1, 0.15) is 19.5 Å². The Kier molecular flexibility index (Phi) is 7.07. The second-order valence-corrected chi connectivity index (χ2v) is 8.18. The van der Waals surface area contributed by atoms with Crippen LogP contribution in [0.25, 0.3) is 5.52 Å². The molecule has 2 aromatic rings. The van der Waals surface area contributed by atoms with Crippen LogP contribution in [0.5, 0.6) is 0 Å². The number of hydrogen-bond donors (Lipinski definition) is 3. The first kappa shape index (κ1) is 24.6. The molecule has 1 saturated heterocycles. The molecule has 1 aliphatic rings. The summed E-state index contributed by atoms with van der Waals surface area (Å²) in [5.74, 6) is -0.328. The number of nitrogen functional groups attached to an aromatic ring is 1. The van der Waals surface area contributed by atoms with Gasteiger partial charge in [0.15, 0.2) is 5.82 Å². The second-order valence-electron chi connectivity index (χ2n) is 8.18. The first-order valence-electron chi connectivity index (χ1n) is 10.2. The molecular formula is C20H29N5O8. The van der Waals surface area contributed by atoms with Crippen LogP contribution in [-0.4, -0.2) is 100 Å². The van der Waals surface area contributed by atoms with E-state index >= 15 is 0 Å². The second kappa shape index (κ2) is 9.47. The summed E-state index contributed by atoms with van der Waals surface area (Å²) in [6, 6.07) is 2.49. The van der Waals surface area contributed by atoms with Gasteiger partial charge in [0.05, 0.1) is 12.8 Å². The zero-order chi connectivity index (χ0) is 24.5. The smallest absolute Gasteiger partial charge is 0.468 e. The van der Waals surface area contributed by atoms with Crippen molar-refractivity contribution in [2.45, 2.75) is 49.9 Å². The van der Waals surface area contributed by atoms with E-state index in [0.717, 1.165) is 0 Å². The average molecular weight is 467 g/mol. The molecule has 0 radical (unpaired) electrons. The van der Waals surface area contributed by atoms with Crippen molar-refractivity contribution < 1.29 is 38.7 Å². The SMILES string of the molecule is COC(=O)[C@H]([C@@H](C)OC(=O)OC[C@H]1O[C@@](C)(c2ccc3c(N)ncnn23)[C@H](O)[C@@H]1O)N(C)C. The van der Waals surface area contributed by atoms with Crippen LogP contribution in [0.3, 0.4) is 0 Å². The third-order valence-corrected chi connectivity index (χ3v) is 5.75. The third kappa shape index (κ3) is 4.57. The largest absolute Gasteiger partial charge is 0.508 e. The number of anilines is 1. The zero-order valence-corrected chi connectivity index (χ0v) is 19.0. The number of nitrogens with zero attached hydrogens (tertiary/aromatic N) is 4.